The second-order valence-corrected chi connectivity index (χ2v) is 8.52. The van der Waals surface area contributed by atoms with E-state index in [1.807, 2.05) is 60.7 Å². The second-order valence-electron chi connectivity index (χ2n) is 6.75. The lowest BCUT2D eigenvalue weighted by Gasteiger charge is -2.10. The van der Waals surface area contributed by atoms with Crippen molar-refractivity contribution >= 4 is 49.7 Å². The molecule has 31 heavy (non-hydrogen) atoms. The lowest BCUT2D eigenvalue weighted by Crippen LogP contribution is -1.99. The maximum atomic E-state index is 12.3. The van der Waals surface area contributed by atoms with Crippen LogP contribution in [0.25, 0.3) is 11.8 Å². The van der Waals surface area contributed by atoms with Gasteiger partial charge in [0.25, 0.3) is 0 Å². The largest absolute Gasteiger partial charge is 0.488 e. The summed E-state index contributed by atoms with van der Waals surface area (Å²) in [5, 5.41) is 9.20. The number of cyclic esters (lactones) is 1. The maximum Gasteiger partial charge on any atom is 0.343 e. The summed E-state index contributed by atoms with van der Waals surface area (Å²) < 4.78 is 13.0. The number of hydrogen-bond acceptors (Lipinski definition) is 4. The van der Waals surface area contributed by atoms with Crippen LogP contribution >= 0.6 is 31.9 Å². The van der Waals surface area contributed by atoms with Crippen molar-refractivity contribution in [1.29, 1.82) is 5.26 Å². The zero-order chi connectivity index (χ0) is 21.8. The first-order valence-corrected chi connectivity index (χ1v) is 10.9. The molecule has 0 atom stereocenters. The molecule has 1 aliphatic heterocycles. The Morgan fingerprint density at radius 3 is 2.55 bits per heavy atom. The minimum Gasteiger partial charge on any atom is -0.488 e. The van der Waals surface area contributed by atoms with Gasteiger partial charge in [0, 0.05) is 15.6 Å². The first-order chi connectivity index (χ1) is 15.0. The Hall–Kier alpha value is -3.14. The highest BCUT2D eigenvalue weighted by Gasteiger charge is 2.22. The van der Waals surface area contributed by atoms with Gasteiger partial charge in [0.05, 0.1) is 21.7 Å². The fourth-order valence-electron chi connectivity index (χ4n) is 3.06. The van der Waals surface area contributed by atoms with E-state index < -0.39 is 0 Å². The van der Waals surface area contributed by atoms with E-state index in [2.05, 4.69) is 37.9 Å². The SMILES string of the molecule is N#Cc1ccccc1COc1ccc(C=C2C=C(c3ccc(Br)cc3)OC2=O)cc1Br. The number of nitrogens with zero attached hydrogens (tertiary/aromatic N) is 1. The third-order valence-corrected chi connectivity index (χ3v) is 5.80. The molecule has 6 heteroatoms. The van der Waals surface area contributed by atoms with E-state index in [1.165, 1.54) is 0 Å². The number of nitriles is 1. The number of halogens is 2. The minimum atomic E-state index is -0.387. The average molecular weight is 537 g/mol. The lowest BCUT2D eigenvalue weighted by atomic mass is 10.1. The predicted molar refractivity (Wildman–Crippen MR) is 126 cm³/mol. The van der Waals surface area contributed by atoms with Gasteiger partial charge in [-0.25, -0.2) is 4.79 Å². The molecule has 3 aromatic carbocycles. The molecule has 0 unspecified atom stereocenters. The van der Waals surface area contributed by atoms with Gasteiger partial charge in [0.1, 0.15) is 18.1 Å². The molecule has 4 nitrogen and oxygen atoms in total. The number of carbonyl (C=O) groups is 1. The average Bonchev–Trinajstić information content (AvgIpc) is 3.14. The molecule has 0 aromatic heterocycles. The van der Waals surface area contributed by atoms with Crippen molar-refractivity contribution in [3.05, 3.63) is 110 Å². The molecule has 0 saturated carbocycles. The van der Waals surface area contributed by atoms with Crippen LogP contribution in [0.15, 0.2) is 87.3 Å². The van der Waals surface area contributed by atoms with E-state index in [-0.39, 0.29) is 12.6 Å². The van der Waals surface area contributed by atoms with Gasteiger partial charge in [-0.1, -0.05) is 52.3 Å². The summed E-state index contributed by atoms with van der Waals surface area (Å²) in [6.07, 6.45) is 3.51. The van der Waals surface area contributed by atoms with E-state index in [9.17, 15) is 10.1 Å². The van der Waals surface area contributed by atoms with E-state index >= 15 is 0 Å². The normalized spacial score (nSPS) is 14.2. The van der Waals surface area contributed by atoms with Crippen LogP contribution in [0.1, 0.15) is 22.3 Å². The number of hydrogen-bond donors (Lipinski definition) is 0. The Kier molecular flexibility index (Phi) is 6.36. The molecule has 0 bridgehead atoms. The van der Waals surface area contributed by atoms with Crippen molar-refractivity contribution in [2.24, 2.45) is 0 Å². The van der Waals surface area contributed by atoms with Gasteiger partial charge < -0.3 is 9.47 Å². The van der Waals surface area contributed by atoms with Crippen LogP contribution < -0.4 is 4.74 Å². The Labute approximate surface area is 196 Å². The molecule has 4 rings (SSSR count). The lowest BCUT2D eigenvalue weighted by molar-refractivity contribution is -0.130. The monoisotopic (exact) mass is 535 g/mol. The fraction of sp³-hybridized carbons (Fsp3) is 0.0400. The van der Waals surface area contributed by atoms with Gasteiger partial charge in [-0.05, 0) is 64.0 Å². The highest BCUT2D eigenvalue weighted by atomic mass is 79.9. The summed E-state index contributed by atoms with van der Waals surface area (Å²) in [4.78, 5) is 12.3. The highest BCUT2D eigenvalue weighted by Crippen LogP contribution is 2.31. The summed E-state index contributed by atoms with van der Waals surface area (Å²) in [5.41, 5.74) is 3.55. The van der Waals surface area contributed by atoms with E-state index in [0.29, 0.717) is 22.6 Å². The fourth-order valence-corrected chi connectivity index (χ4v) is 3.83. The van der Waals surface area contributed by atoms with E-state index in [1.54, 1.807) is 18.2 Å². The molecule has 0 spiro atoms. The molecule has 0 amide bonds. The molecule has 3 aromatic rings. The van der Waals surface area contributed by atoms with Gasteiger partial charge in [-0.2, -0.15) is 5.26 Å². The van der Waals surface area contributed by atoms with Crippen LogP contribution in [0.4, 0.5) is 0 Å². The Balaban J connectivity index is 1.51. The molecule has 1 aliphatic rings. The number of benzene rings is 3. The molecule has 1 heterocycles. The van der Waals surface area contributed by atoms with E-state index in [4.69, 9.17) is 9.47 Å². The maximum absolute atomic E-state index is 12.3. The Bertz CT molecular complexity index is 1250. The van der Waals surface area contributed by atoms with Crippen LogP contribution in [-0.4, -0.2) is 5.97 Å². The van der Waals surface area contributed by atoms with Crippen LogP contribution in [0, 0.1) is 11.3 Å². The van der Waals surface area contributed by atoms with Gasteiger partial charge in [0.2, 0.25) is 0 Å². The van der Waals surface area contributed by atoms with Crippen LogP contribution in [0.3, 0.4) is 0 Å². The standard InChI is InChI=1S/C25H15Br2NO3/c26-21-8-6-17(7-9-21)24-13-20(25(29)31-24)11-16-5-10-23(22(27)12-16)30-15-19-4-2-1-3-18(19)14-28/h1-13H,15H2. The van der Waals surface area contributed by atoms with Gasteiger partial charge in [0.15, 0.2) is 0 Å². The number of ether oxygens (including phenoxy) is 2. The third kappa shape index (κ3) is 4.96. The molecule has 0 aliphatic carbocycles. The van der Waals surface area contributed by atoms with Crippen molar-refractivity contribution in [2.45, 2.75) is 6.61 Å². The Morgan fingerprint density at radius 1 is 1.03 bits per heavy atom. The summed E-state index contributed by atoms with van der Waals surface area (Å²) in [6, 6.07) is 22.6. The van der Waals surface area contributed by atoms with Crippen LogP contribution in [0.2, 0.25) is 0 Å². The quantitative estimate of drug-likeness (QED) is 0.271. The summed E-state index contributed by atoms with van der Waals surface area (Å²) in [5.74, 6) is 0.788. The molecular formula is C25H15Br2NO3. The van der Waals surface area contributed by atoms with Gasteiger partial charge in [-0.15, -0.1) is 0 Å². The highest BCUT2D eigenvalue weighted by molar-refractivity contribution is 9.10. The van der Waals surface area contributed by atoms with Crippen molar-refractivity contribution in [3.8, 4) is 11.8 Å². The van der Waals surface area contributed by atoms with Gasteiger partial charge in [-0.3, -0.25) is 0 Å². The predicted octanol–water partition coefficient (Wildman–Crippen LogP) is 6.64. The summed E-state index contributed by atoms with van der Waals surface area (Å²) in [6.45, 7) is 0.286. The number of rotatable bonds is 5. The van der Waals surface area contributed by atoms with Crippen LogP contribution in [-0.2, 0) is 16.1 Å². The molecule has 152 valence electrons. The molecular weight excluding hydrogens is 522 g/mol. The molecule has 0 fully saturated rings. The summed E-state index contributed by atoms with van der Waals surface area (Å²) in [7, 11) is 0. The molecule has 0 saturated heterocycles. The summed E-state index contributed by atoms with van der Waals surface area (Å²) >= 11 is 6.92. The van der Waals surface area contributed by atoms with Gasteiger partial charge >= 0.3 is 5.97 Å². The minimum absolute atomic E-state index is 0.286. The second kappa shape index (κ2) is 9.34. The smallest absolute Gasteiger partial charge is 0.343 e. The van der Waals surface area contributed by atoms with Crippen molar-refractivity contribution in [1.82, 2.24) is 0 Å². The molecule has 0 N–H and O–H groups in total. The zero-order valence-corrected chi connectivity index (χ0v) is 19.3. The third-order valence-electron chi connectivity index (χ3n) is 4.65. The van der Waals surface area contributed by atoms with E-state index in [0.717, 1.165) is 25.6 Å². The topological polar surface area (TPSA) is 59.3 Å². The van der Waals surface area contributed by atoms with Crippen molar-refractivity contribution < 1.29 is 14.3 Å². The van der Waals surface area contributed by atoms with Crippen LogP contribution in [0.5, 0.6) is 5.75 Å². The molecule has 0 radical (unpaired) electrons. The zero-order valence-electron chi connectivity index (χ0n) is 16.1. The first kappa shape index (κ1) is 21.1. The first-order valence-electron chi connectivity index (χ1n) is 9.35. The number of esters is 1. The Morgan fingerprint density at radius 2 is 1.81 bits per heavy atom. The van der Waals surface area contributed by atoms with Crippen molar-refractivity contribution in [2.75, 3.05) is 0 Å². The number of carbonyl (C=O) groups excluding carboxylic acids is 1. The van der Waals surface area contributed by atoms with Crippen molar-refractivity contribution in [3.63, 3.8) is 0 Å².